The van der Waals surface area contributed by atoms with E-state index in [1.807, 2.05) is 22.9 Å². The molecule has 0 unspecified atom stereocenters. The van der Waals surface area contributed by atoms with E-state index >= 15 is 0 Å². The summed E-state index contributed by atoms with van der Waals surface area (Å²) in [5.74, 6) is 0.0666. The van der Waals surface area contributed by atoms with Gasteiger partial charge in [0.2, 0.25) is 0 Å². The lowest BCUT2D eigenvalue weighted by Crippen LogP contribution is -2.17. The van der Waals surface area contributed by atoms with Crippen molar-refractivity contribution in [1.82, 2.24) is 9.78 Å². The van der Waals surface area contributed by atoms with E-state index in [0.717, 1.165) is 34.4 Å². The Bertz CT molecular complexity index is 649. The zero-order chi connectivity index (χ0) is 14.7. The molecule has 0 aliphatic rings. The quantitative estimate of drug-likeness (QED) is 0.390. The Morgan fingerprint density at radius 1 is 1.35 bits per heavy atom. The van der Waals surface area contributed by atoms with E-state index in [-0.39, 0.29) is 5.84 Å². The number of amidine groups is 1. The number of benzene rings is 1. The normalized spacial score (nSPS) is 11.8. The predicted molar refractivity (Wildman–Crippen MR) is 82.5 cm³/mol. The Labute approximate surface area is 126 Å². The Hall–Kier alpha value is -1.82. The van der Waals surface area contributed by atoms with Crippen LogP contribution in [0, 0.1) is 0 Å². The summed E-state index contributed by atoms with van der Waals surface area (Å²) in [5.41, 5.74) is 9.33. The summed E-state index contributed by atoms with van der Waals surface area (Å²) in [4.78, 5) is 0. The van der Waals surface area contributed by atoms with Gasteiger partial charge in [-0.15, -0.1) is 0 Å². The van der Waals surface area contributed by atoms with E-state index in [2.05, 4.69) is 46.1 Å². The maximum Gasteiger partial charge on any atom is 0.172 e. The van der Waals surface area contributed by atoms with Crippen LogP contribution in [-0.4, -0.2) is 20.8 Å². The smallest absolute Gasteiger partial charge is 0.172 e. The molecule has 0 atom stereocenters. The molecule has 2 aromatic rings. The molecule has 5 nitrogen and oxygen atoms in total. The van der Waals surface area contributed by atoms with Crippen LogP contribution in [0.5, 0.6) is 0 Å². The standard InChI is InChI=1S/C14H17BrN4O/c1-3-10-8-11(4-2)19(17-10)13-6-5-9(15)7-12(13)14(16)18-20/h5-8,20H,3-4H2,1-2H3,(H2,16,18). The van der Waals surface area contributed by atoms with Crippen LogP contribution in [0.3, 0.4) is 0 Å². The molecule has 0 radical (unpaired) electrons. The Morgan fingerprint density at radius 2 is 2.10 bits per heavy atom. The first-order valence-electron chi connectivity index (χ1n) is 6.46. The molecule has 0 saturated heterocycles. The van der Waals surface area contributed by atoms with E-state index in [1.54, 1.807) is 0 Å². The molecule has 0 fully saturated rings. The van der Waals surface area contributed by atoms with Gasteiger partial charge in [-0.25, -0.2) is 4.68 Å². The average Bonchev–Trinajstić information content (AvgIpc) is 2.89. The van der Waals surface area contributed by atoms with Crippen molar-refractivity contribution >= 4 is 21.8 Å². The minimum absolute atomic E-state index is 0.0666. The van der Waals surface area contributed by atoms with Crippen molar-refractivity contribution in [2.75, 3.05) is 0 Å². The molecular weight excluding hydrogens is 320 g/mol. The van der Waals surface area contributed by atoms with Crippen LogP contribution in [0.1, 0.15) is 30.8 Å². The molecule has 0 spiro atoms. The van der Waals surface area contributed by atoms with Gasteiger partial charge in [-0.05, 0) is 37.1 Å². The summed E-state index contributed by atoms with van der Waals surface area (Å²) >= 11 is 3.40. The van der Waals surface area contributed by atoms with Gasteiger partial charge in [0.1, 0.15) is 0 Å². The minimum Gasteiger partial charge on any atom is -0.409 e. The van der Waals surface area contributed by atoms with Crippen molar-refractivity contribution in [3.8, 4) is 5.69 Å². The number of nitrogens with two attached hydrogens (primary N) is 1. The maximum absolute atomic E-state index is 8.95. The van der Waals surface area contributed by atoms with Crippen molar-refractivity contribution in [2.45, 2.75) is 26.7 Å². The third kappa shape index (κ3) is 2.70. The molecule has 1 heterocycles. The molecule has 20 heavy (non-hydrogen) atoms. The third-order valence-corrected chi connectivity index (χ3v) is 3.62. The summed E-state index contributed by atoms with van der Waals surface area (Å²) < 4.78 is 2.72. The maximum atomic E-state index is 8.95. The lowest BCUT2D eigenvalue weighted by Gasteiger charge is -2.11. The monoisotopic (exact) mass is 336 g/mol. The van der Waals surface area contributed by atoms with Gasteiger partial charge < -0.3 is 10.9 Å². The number of hydrogen-bond donors (Lipinski definition) is 2. The van der Waals surface area contributed by atoms with Crippen LogP contribution in [0.25, 0.3) is 5.69 Å². The fraction of sp³-hybridized carbons (Fsp3) is 0.286. The van der Waals surface area contributed by atoms with Gasteiger partial charge in [0.05, 0.1) is 11.4 Å². The van der Waals surface area contributed by atoms with Crippen LogP contribution in [0.4, 0.5) is 0 Å². The molecule has 0 aliphatic heterocycles. The highest BCUT2D eigenvalue weighted by Gasteiger charge is 2.14. The van der Waals surface area contributed by atoms with Crippen LogP contribution in [0.2, 0.25) is 0 Å². The fourth-order valence-corrected chi connectivity index (χ4v) is 2.42. The van der Waals surface area contributed by atoms with Gasteiger partial charge in [-0.2, -0.15) is 5.10 Å². The first-order valence-corrected chi connectivity index (χ1v) is 7.25. The average molecular weight is 337 g/mol. The van der Waals surface area contributed by atoms with Gasteiger partial charge in [0.15, 0.2) is 5.84 Å². The van der Waals surface area contributed by atoms with Gasteiger partial charge >= 0.3 is 0 Å². The molecule has 2 rings (SSSR count). The lowest BCUT2D eigenvalue weighted by molar-refractivity contribution is 0.318. The van der Waals surface area contributed by atoms with E-state index in [0.29, 0.717) is 5.56 Å². The molecule has 0 aliphatic carbocycles. The second kappa shape index (κ2) is 6.09. The highest BCUT2D eigenvalue weighted by Crippen LogP contribution is 2.22. The van der Waals surface area contributed by atoms with E-state index in [1.165, 1.54) is 0 Å². The van der Waals surface area contributed by atoms with Gasteiger partial charge in [0, 0.05) is 15.7 Å². The van der Waals surface area contributed by atoms with Crippen LogP contribution >= 0.6 is 15.9 Å². The van der Waals surface area contributed by atoms with E-state index in [9.17, 15) is 0 Å². The minimum atomic E-state index is 0.0666. The first-order chi connectivity index (χ1) is 9.60. The number of oxime groups is 1. The van der Waals surface area contributed by atoms with E-state index in [4.69, 9.17) is 10.9 Å². The number of aryl methyl sites for hydroxylation is 2. The van der Waals surface area contributed by atoms with Crippen molar-refractivity contribution in [1.29, 1.82) is 0 Å². The topological polar surface area (TPSA) is 76.4 Å². The van der Waals surface area contributed by atoms with E-state index < -0.39 is 0 Å². The summed E-state index contributed by atoms with van der Waals surface area (Å²) in [6.07, 6.45) is 1.73. The van der Waals surface area contributed by atoms with Gasteiger partial charge in [0.25, 0.3) is 0 Å². The predicted octanol–water partition coefficient (Wildman–Crippen LogP) is 2.85. The van der Waals surface area contributed by atoms with Gasteiger partial charge in [-0.1, -0.05) is 34.9 Å². The highest BCUT2D eigenvalue weighted by molar-refractivity contribution is 9.10. The summed E-state index contributed by atoms with van der Waals surface area (Å²) in [6.45, 7) is 4.15. The molecule has 0 amide bonds. The molecule has 1 aromatic heterocycles. The Balaban J connectivity index is 2.66. The number of nitrogens with zero attached hydrogens (tertiary/aromatic N) is 3. The molecule has 106 valence electrons. The largest absolute Gasteiger partial charge is 0.409 e. The molecule has 0 bridgehead atoms. The number of hydrogen-bond acceptors (Lipinski definition) is 3. The Morgan fingerprint density at radius 3 is 2.70 bits per heavy atom. The van der Waals surface area contributed by atoms with Crippen LogP contribution < -0.4 is 5.73 Å². The van der Waals surface area contributed by atoms with Crippen LogP contribution in [0.15, 0.2) is 33.9 Å². The zero-order valence-electron chi connectivity index (χ0n) is 11.5. The second-order valence-electron chi connectivity index (χ2n) is 4.39. The lowest BCUT2D eigenvalue weighted by atomic mass is 10.1. The summed E-state index contributed by atoms with van der Waals surface area (Å²) in [5, 5.41) is 16.6. The van der Waals surface area contributed by atoms with Crippen molar-refractivity contribution in [3.63, 3.8) is 0 Å². The number of aromatic nitrogens is 2. The first kappa shape index (κ1) is 14.6. The SMILES string of the molecule is CCc1cc(CC)n(-c2ccc(Br)cc2/C(N)=N/O)n1. The molecule has 6 heteroatoms. The highest BCUT2D eigenvalue weighted by atomic mass is 79.9. The number of halogens is 1. The zero-order valence-corrected chi connectivity index (χ0v) is 13.1. The number of rotatable bonds is 4. The summed E-state index contributed by atoms with van der Waals surface area (Å²) in [7, 11) is 0. The fourth-order valence-electron chi connectivity index (χ4n) is 2.06. The van der Waals surface area contributed by atoms with Crippen LogP contribution in [-0.2, 0) is 12.8 Å². The van der Waals surface area contributed by atoms with Crippen molar-refractivity contribution in [2.24, 2.45) is 10.9 Å². The summed E-state index contributed by atoms with van der Waals surface area (Å²) in [6, 6.07) is 7.72. The Kier molecular flexibility index (Phi) is 4.44. The molecule has 0 saturated carbocycles. The second-order valence-corrected chi connectivity index (χ2v) is 5.31. The van der Waals surface area contributed by atoms with Gasteiger partial charge in [-0.3, -0.25) is 0 Å². The third-order valence-electron chi connectivity index (χ3n) is 3.13. The molecular formula is C14H17BrN4O. The van der Waals surface area contributed by atoms with Crippen molar-refractivity contribution in [3.05, 3.63) is 45.7 Å². The molecule has 1 aromatic carbocycles. The molecule has 3 N–H and O–H groups in total. The van der Waals surface area contributed by atoms with Crippen molar-refractivity contribution < 1.29 is 5.21 Å².